The number of hydrogen-bond acceptors (Lipinski definition) is 1. The third kappa shape index (κ3) is 12.5. The molecule has 0 saturated heterocycles. The number of carbonyl (C=O) groups is 1. The first-order chi connectivity index (χ1) is 8.66. The Balaban J connectivity index is 3.64. The Morgan fingerprint density at radius 3 is 2.22 bits per heavy atom. The van der Waals surface area contributed by atoms with Crippen LogP contribution in [-0.4, -0.2) is 12.5 Å². The molecule has 0 aromatic carbocycles. The molecular weight excluding hydrogens is 222 g/mol. The van der Waals surface area contributed by atoms with Crippen LogP contribution in [-0.2, 0) is 4.79 Å². The molecule has 0 bridgehead atoms. The largest absolute Gasteiger partial charge is 0.352 e. The zero-order chi connectivity index (χ0) is 13.6. The van der Waals surface area contributed by atoms with Gasteiger partial charge in [0, 0.05) is 12.6 Å². The van der Waals surface area contributed by atoms with Gasteiger partial charge in [0.2, 0.25) is 5.91 Å². The first kappa shape index (κ1) is 16.4. The third-order valence-corrected chi connectivity index (χ3v) is 2.12. The van der Waals surface area contributed by atoms with Gasteiger partial charge in [0.15, 0.2) is 0 Å². The van der Waals surface area contributed by atoms with Crippen LogP contribution in [0.1, 0.15) is 33.6 Å². The van der Waals surface area contributed by atoms with Crippen LogP contribution in [0.25, 0.3) is 0 Å². The predicted molar refractivity (Wildman–Crippen MR) is 79.3 cm³/mol. The number of carbonyl (C=O) groups excluding carboxylic acids is 1. The van der Waals surface area contributed by atoms with E-state index in [0.29, 0.717) is 5.92 Å². The minimum Gasteiger partial charge on any atom is -0.352 e. The van der Waals surface area contributed by atoms with Gasteiger partial charge in [-0.05, 0) is 25.7 Å². The highest BCUT2D eigenvalue weighted by molar-refractivity contribution is 5.87. The molecule has 0 radical (unpaired) electrons. The van der Waals surface area contributed by atoms with E-state index < -0.39 is 0 Å². The van der Waals surface area contributed by atoms with E-state index >= 15 is 0 Å². The van der Waals surface area contributed by atoms with Crippen LogP contribution < -0.4 is 5.32 Å². The predicted octanol–water partition coefficient (Wildman–Crippen LogP) is 3.78. The van der Waals surface area contributed by atoms with Gasteiger partial charge in [-0.15, -0.1) is 0 Å². The van der Waals surface area contributed by atoms with E-state index in [2.05, 4.69) is 31.3 Å². The second-order valence-electron chi connectivity index (χ2n) is 4.46. The summed E-state index contributed by atoms with van der Waals surface area (Å²) in [6, 6.07) is 0. The molecule has 0 fully saturated rings. The average Bonchev–Trinajstić information content (AvgIpc) is 2.34. The smallest absolute Gasteiger partial charge is 0.243 e. The molecule has 1 amide bonds. The Hall–Kier alpha value is -1.57. The van der Waals surface area contributed by atoms with Crippen molar-refractivity contribution in [2.75, 3.05) is 6.54 Å². The summed E-state index contributed by atoms with van der Waals surface area (Å²) in [5.41, 5.74) is 0. The highest BCUT2D eigenvalue weighted by Gasteiger charge is 1.95. The van der Waals surface area contributed by atoms with E-state index in [4.69, 9.17) is 0 Å². The highest BCUT2D eigenvalue weighted by atomic mass is 16.1. The summed E-state index contributed by atoms with van der Waals surface area (Å²) in [4.78, 5) is 11.3. The van der Waals surface area contributed by atoms with Crippen molar-refractivity contribution in [1.82, 2.24) is 5.32 Å². The third-order valence-electron chi connectivity index (χ3n) is 2.12. The van der Waals surface area contributed by atoms with Gasteiger partial charge in [0.05, 0.1) is 0 Å². The number of nitrogens with one attached hydrogen (secondary N) is 1. The molecule has 100 valence electrons. The van der Waals surface area contributed by atoms with E-state index in [-0.39, 0.29) is 5.91 Å². The van der Waals surface area contributed by atoms with Gasteiger partial charge in [-0.2, -0.15) is 0 Å². The average molecular weight is 247 g/mol. The van der Waals surface area contributed by atoms with Crippen molar-refractivity contribution in [2.45, 2.75) is 33.6 Å². The van der Waals surface area contributed by atoms with E-state index in [9.17, 15) is 4.79 Å². The molecule has 2 nitrogen and oxygen atoms in total. The zero-order valence-electron chi connectivity index (χ0n) is 11.7. The minimum atomic E-state index is -0.0265. The normalized spacial score (nSPS) is 12.7. The highest BCUT2D eigenvalue weighted by Crippen LogP contribution is 1.94. The maximum atomic E-state index is 11.3. The molecule has 0 atom stereocenters. The van der Waals surface area contributed by atoms with Crippen LogP contribution >= 0.6 is 0 Å². The molecule has 18 heavy (non-hydrogen) atoms. The van der Waals surface area contributed by atoms with Crippen molar-refractivity contribution in [1.29, 1.82) is 0 Å². The molecule has 1 N–H and O–H groups in total. The molecule has 0 saturated carbocycles. The number of hydrogen-bond donors (Lipinski definition) is 1. The minimum absolute atomic E-state index is 0.0265. The lowest BCUT2D eigenvalue weighted by Gasteiger charge is -2.03. The monoisotopic (exact) mass is 247 g/mol. The SMILES string of the molecule is C/C=C/C=C\CC/C=C\C=C\C(=O)NCC(C)C. The van der Waals surface area contributed by atoms with E-state index in [0.717, 1.165) is 19.4 Å². The fourth-order valence-electron chi connectivity index (χ4n) is 1.16. The second kappa shape index (κ2) is 11.9. The maximum Gasteiger partial charge on any atom is 0.243 e. The lowest BCUT2D eigenvalue weighted by molar-refractivity contribution is -0.116. The molecule has 0 aromatic rings. The Kier molecular flexibility index (Phi) is 10.9. The summed E-state index contributed by atoms with van der Waals surface area (Å²) in [6.07, 6.45) is 17.5. The van der Waals surface area contributed by atoms with Crippen molar-refractivity contribution < 1.29 is 4.79 Å². The Morgan fingerprint density at radius 2 is 1.67 bits per heavy atom. The molecule has 0 heterocycles. The van der Waals surface area contributed by atoms with Crippen LogP contribution in [0.2, 0.25) is 0 Å². The molecule has 0 rings (SSSR count). The van der Waals surface area contributed by atoms with E-state index in [1.807, 2.05) is 31.2 Å². The quantitative estimate of drug-likeness (QED) is 0.395. The summed E-state index contributed by atoms with van der Waals surface area (Å²) in [5.74, 6) is 0.461. The van der Waals surface area contributed by atoms with Crippen LogP contribution in [0, 0.1) is 5.92 Å². The fourth-order valence-corrected chi connectivity index (χ4v) is 1.16. The van der Waals surface area contributed by atoms with Gasteiger partial charge in [-0.25, -0.2) is 0 Å². The molecule has 0 spiro atoms. The maximum absolute atomic E-state index is 11.3. The lowest BCUT2D eigenvalue weighted by atomic mass is 10.2. The molecule has 0 aromatic heterocycles. The van der Waals surface area contributed by atoms with Gasteiger partial charge < -0.3 is 5.32 Å². The van der Waals surface area contributed by atoms with Crippen molar-refractivity contribution in [3.8, 4) is 0 Å². The van der Waals surface area contributed by atoms with Crippen LogP contribution in [0.5, 0.6) is 0 Å². The zero-order valence-corrected chi connectivity index (χ0v) is 11.7. The summed E-state index contributed by atoms with van der Waals surface area (Å²) < 4.78 is 0. The van der Waals surface area contributed by atoms with Crippen molar-refractivity contribution >= 4 is 5.91 Å². The molecule has 0 aliphatic rings. The first-order valence-corrected chi connectivity index (χ1v) is 6.55. The summed E-state index contributed by atoms with van der Waals surface area (Å²) in [7, 11) is 0. The standard InChI is InChI=1S/C16H25NO/c1-4-5-6-7-8-9-10-11-12-13-16(18)17-14-15(2)3/h4-7,10-13,15H,8-9,14H2,1-3H3,(H,17,18)/b5-4+,7-6-,11-10-,13-12+. The van der Waals surface area contributed by atoms with E-state index in [1.54, 1.807) is 12.2 Å². The van der Waals surface area contributed by atoms with Gasteiger partial charge in [0.1, 0.15) is 0 Å². The van der Waals surface area contributed by atoms with Crippen LogP contribution in [0.4, 0.5) is 0 Å². The van der Waals surface area contributed by atoms with Gasteiger partial charge >= 0.3 is 0 Å². The Labute approximate surface area is 111 Å². The number of allylic oxidation sites excluding steroid dienone is 7. The summed E-state index contributed by atoms with van der Waals surface area (Å²) >= 11 is 0. The molecular formula is C16H25NO. The summed E-state index contributed by atoms with van der Waals surface area (Å²) in [5, 5.41) is 2.83. The van der Waals surface area contributed by atoms with Gasteiger partial charge in [-0.3, -0.25) is 4.79 Å². The van der Waals surface area contributed by atoms with Crippen LogP contribution in [0.3, 0.4) is 0 Å². The van der Waals surface area contributed by atoms with Crippen molar-refractivity contribution in [3.63, 3.8) is 0 Å². The lowest BCUT2D eigenvalue weighted by Crippen LogP contribution is -2.25. The second-order valence-corrected chi connectivity index (χ2v) is 4.46. The van der Waals surface area contributed by atoms with Crippen molar-refractivity contribution in [2.24, 2.45) is 5.92 Å². The molecule has 0 unspecified atom stereocenters. The fraction of sp³-hybridized carbons (Fsp3) is 0.438. The molecule has 0 aliphatic heterocycles. The van der Waals surface area contributed by atoms with E-state index in [1.165, 1.54) is 0 Å². The number of unbranched alkanes of at least 4 members (excludes halogenated alkanes) is 1. The topological polar surface area (TPSA) is 29.1 Å². The molecule has 0 aliphatic carbocycles. The van der Waals surface area contributed by atoms with Gasteiger partial charge in [0.25, 0.3) is 0 Å². The Bertz CT molecular complexity index is 322. The Morgan fingerprint density at radius 1 is 1.06 bits per heavy atom. The van der Waals surface area contributed by atoms with Gasteiger partial charge in [-0.1, -0.05) is 56.4 Å². The first-order valence-electron chi connectivity index (χ1n) is 6.55. The summed E-state index contributed by atoms with van der Waals surface area (Å²) in [6.45, 7) is 6.87. The molecule has 2 heteroatoms. The van der Waals surface area contributed by atoms with Crippen molar-refractivity contribution in [3.05, 3.63) is 48.6 Å². The number of rotatable bonds is 8. The van der Waals surface area contributed by atoms with Crippen LogP contribution in [0.15, 0.2) is 48.6 Å². The number of amides is 1.